The van der Waals surface area contributed by atoms with Crippen LogP contribution in [0.2, 0.25) is 0 Å². The Hall–Kier alpha value is -1.58. The van der Waals surface area contributed by atoms with Crippen LogP contribution in [-0.4, -0.2) is 54.8 Å². The largest absolute Gasteiger partial charge is 2.00 e. The van der Waals surface area contributed by atoms with Gasteiger partial charge in [0.15, 0.2) is 0 Å². The van der Waals surface area contributed by atoms with Crippen LogP contribution in [0.4, 0.5) is 0 Å². The van der Waals surface area contributed by atoms with E-state index in [0.29, 0.717) is 0 Å². The van der Waals surface area contributed by atoms with Crippen molar-refractivity contribution >= 4 is 30.0 Å². The standard InChI is InChI=1S/C12H14O.C8H15NO.C6H10N.C3H8S.CH3.W/c1-9(2)8-10(3)11-6-4-5-7-12(11)13;1-2-8-4-3-5-9(6-8)7-10;1-6(2)4-5-7-3;1-3-4-2;;/h4-8,13H,3H2,1-2H3;7-8H,2-6H2,1H3;5H,1-3H3;3H2,1-2H3;1H3;/q;;-1;;-1;+2. The molecule has 1 atom stereocenters. The first-order chi connectivity index (χ1) is 16.2. The smallest absolute Gasteiger partial charge is 0.507 e. The molecule has 0 radical (unpaired) electrons. The van der Waals surface area contributed by atoms with Crippen LogP contribution in [0, 0.1) is 19.4 Å². The van der Waals surface area contributed by atoms with Crippen LogP contribution in [-0.2, 0) is 25.9 Å². The molecule has 0 aliphatic carbocycles. The fraction of sp³-hybridized carbons (Fsp3) is 0.500. The summed E-state index contributed by atoms with van der Waals surface area (Å²) in [5, 5.41) is 9.50. The van der Waals surface area contributed by atoms with Crippen molar-refractivity contribution in [3.05, 3.63) is 67.1 Å². The first-order valence-electron chi connectivity index (χ1n) is 11.9. The Balaban J connectivity index is -0.000000200. The van der Waals surface area contributed by atoms with Gasteiger partial charge in [-0.2, -0.15) is 18.0 Å². The summed E-state index contributed by atoms with van der Waals surface area (Å²) in [5.74, 6) is 2.28. The van der Waals surface area contributed by atoms with Gasteiger partial charge in [0.05, 0.1) is 0 Å². The van der Waals surface area contributed by atoms with Gasteiger partial charge in [-0.25, -0.2) is 0 Å². The number of amides is 1. The van der Waals surface area contributed by atoms with Crippen molar-refractivity contribution < 1.29 is 31.0 Å². The second-order valence-electron chi connectivity index (χ2n) is 8.39. The molecule has 0 bridgehead atoms. The van der Waals surface area contributed by atoms with Gasteiger partial charge in [-0.1, -0.05) is 70.5 Å². The van der Waals surface area contributed by atoms with E-state index in [1.54, 1.807) is 25.4 Å². The van der Waals surface area contributed by atoms with Gasteiger partial charge in [0.2, 0.25) is 6.41 Å². The number of benzene rings is 1. The molecule has 1 saturated heterocycles. The molecule has 36 heavy (non-hydrogen) atoms. The van der Waals surface area contributed by atoms with Crippen molar-refractivity contribution in [2.24, 2.45) is 10.9 Å². The van der Waals surface area contributed by atoms with Crippen molar-refractivity contribution in [1.82, 2.24) is 4.90 Å². The number of carbonyl (C=O) groups is 1. The second-order valence-corrected chi connectivity index (χ2v) is 9.54. The number of phenols is 1. The maximum Gasteiger partial charge on any atom is 2.00 e. The number of carbonyl (C=O) groups excluding carboxylic acids is 1. The molecule has 1 N–H and O–H groups in total. The number of piperidine rings is 1. The maximum atomic E-state index is 10.3. The van der Waals surface area contributed by atoms with Crippen LogP contribution >= 0.6 is 11.8 Å². The van der Waals surface area contributed by atoms with Crippen LogP contribution in [0.5, 0.6) is 5.75 Å². The van der Waals surface area contributed by atoms with Gasteiger partial charge >= 0.3 is 21.1 Å². The van der Waals surface area contributed by atoms with Gasteiger partial charge in [-0.05, 0) is 56.3 Å². The Morgan fingerprint density at radius 3 is 2.22 bits per heavy atom. The zero-order valence-corrected chi connectivity index (χ0v) is 27.9. The Labute approximate surface area is 241 Å². The van der Waals surface area contributed by atoms with Gasteiger partial charge < -0.3 is 28.5 Å². The Morgan fingerprint density at radius 1 is 1.25 bits per heavy atom. The van der Waals surface area contributed by atoms with E-state index in [0.717, 1.165) is 42.1 Å². The minimum Gasteiger partial charge on any atom is -0.507 e. The number of phenolic OH excluding ortho intramolecular Hbond substituents is 1. The van der Waals surface area contributed by atoms with Crippen LogP contribution in [0.15, 0.2) is 53.1 Å². The number of thioether (sulfide) groups is 1. The number of hydrogen-bond acceptors (Lipinski definition) is 4. The Kier molecular flexibility index (Phi) is 32.3. The van der Waals surface area contributed by atoms with Crippen LogP contribution < -0.4 is 0 Å². The molecule has 1 fully saturated rings. The summed E-state index contributed by atoms with van der Waals surface area (Å²) in [6, 6.07) is 7.21. The minimum atomic E-state index is 0. The van der Waals surface area contributed by atoms with Gasteiger partial charge in [0, 0.05) is 25.7 Å². The molecule has 1 amide bonds. The average Bonchev–Trinajstić information content (AvgIpc) is 2.83. The Bertz CT molecular complexity index is 766. The SMILES string of the molecule is C=C(C=C(C)C)c1ccccc1O.CCC1CCCN(C=O)C1.CCSC.CN=C[C-]=C(C)C.[CH3-].[W+2]. The summed E-state index contributed by atoms with van der Waals surface area (Å²) in [6.07, 6.45) is 13.3. The molecule has 4 nitrogen and oxygen atoms in total. The summed E-state index contributed by atoms with van der Waals surface area (Å²) in [4.78, 5) is 16.0. The number of nitrogens with zero attached hydrogens (tertiary/aromatic N) is 2. The molecule has 1 aliphatic heterocycles. The van der Waals surface area contributed by atoms with Gasteiger partial charge in [0.1, 0.15) is 5.75 Å². The summed E-state index contributed by atoms with van der Waals surface area (Å²) in [6.45, 7) is 18.2. The molecule has 1 aliphatic rings. The molecule has 6 heteroatoms. The van der Waals surface area contributed by atoms with Crippen LogP contribution in [0.3, 0.4) is 0 Å². The van der Waals surface area contributed by atoms with Crippen molar-refractivity contribution in [3.8, 4) is 5.75 Å². The van der Waals surface area contributed by atoms with Gasteiger partial charge in [0.25, 0.3) is 0 Å². The van der Waals surface area contributed by atoms with Crippen molar-refractivity contribution in [2.75, 3.05) is 32.1 Å². The number of likely N-dealkylation sites (tertiary alicyclic amines) is 1. The third-order valence-electron chi connectivity index (χ3n) is 4.76. The number of para-hydroxylation sites is 1. The minimum absolute atomic E-state index is 0. The molecule has 204 valence electrons. The number of aromatic hydroxyl groups is 1. The first-order valence-corrected chi connectivity index (χ1v) is 13.3. The zero-order chi connectivity index (χ0) is 26.4. The first kappa shape index (κ1) is 41.5. The van der Waals surface area contributed by atoms with E-state index < -0.39 is 0 Å². The monoisotopic (exact) mass is 686 g/mol. The summed E-state index contributed by atoms with van der Waals surface area (Å²) < 4.78 is 0. The van der Waals surface area contributed by atoms with E-state index >= 15 is 0 Å². The molecule has 1 unspecified atom stereocenters. The van der Waals surface area contributed by atoms with Crippen LogP contribution in [0.1, 0.15) is 66.4 Å². The third-order valence-corrected chi connectivity index (χ3v) is 5.34. The summed E-state index contributed by atoms with van der Waals surface area (Å²) >= 11 is 1.86. The normalized spacial score (nSPS) is 13.4. The van der Waals surface area contributed by atoms with E-state index in [1.807, 2.05) is 62.6 Å². The molecule has 1 aromatic carbocycles. The summed E-state index contributed by atoms with van der Waals surface area (Å²) in [5.41, 5.74) is 3.97. The van der Waals surface area contributed by atoms with Gasteiger partial charge in [-0.3, -0.25) is 10.4 Å². The van der Waals surface area contributed by atoms with E-state index in [-0.39, 0.29) is 34.2 Å². The van der Waals surface area contributed by atoms with Crippen molar-refractivity contribution in [2.45, 2.75) is 60.8 Å². The van der Waals surface area contributed by atoms with E-state index in [2.05, 4.69) is 37.8 Å². The predicted molar refractivity (Wildman–Crippen MR) is 160 cm³/mol. The topological polar surface area (TPSA) is 52.9 Å². The predicted octanol–water partition coefficient (Wildman–Crippen LogP) is 7.91. The van der Waals surface area contributed by atoms with E-state index in [4.69, 9.17) is 0 Å². The van der Waals surface area contributed by atoms with E-state index in [9.17, 15) is 9.90 Å². The number of hydrogen-bond donors (Lipinski definition) is 1. The van der Waals surface area contributed by atoms with Crippen molar-refractivity contribution in [1.29, 1.82) is 0 Å². The van der Waals surface area contributed by atoms with Crippen molar-refractivity contribution in [3.63, 3.8) is 0 Å². The van der Waals surface area contributed by atoms with Crippen LogP contribution in [0.25, 0.3) is 5.57 Å². The fourth-order valence-corrected chi connectivity index (χ4v) is 2.89. The molecular formula is C30H50N2O2SW. The number of allylic oxidation sites excluding steroid dienone is 5. The molecule has 1 heterocycles. The van der Waals surface area contributed by atoms with Gasteiger partial charge in [-0.15, -0.1) is 0 Å². The number of rotatable bonds is 6. The quantitative estimate of drug-likeness (QED) is 0.143. The average molecular weight is 687 g/mol. The molecule has 0 spiro atoms. The fourth-order valence-electron chi connectivity index (χ4n) is 2.89. The number of aliphatic imine (C=N–C) groups is 1. The van der Waals surface area contributed by atoms with E-state index in [1.165, 1.54) is 30.6 Å². The zero-order valence-electron chi connectivity index (χ0n) is 24.1. The third kappa shape index (κ3) is 24.1. The molecular weight excluding hydrogens is 636 g/mol. The Morgan fingerprint density at radius 2 is 1.83 bits per heavy atom. The molecule has 0 saturated carbocycles. The maximum absolute atomic E-state index is 10.3. The second kappa shape index (κ2) is 28.0. The summed E-state index contributed by atoms with van der Waals surface area (Å²) in [7, 11) is 1.73. The molecule has 2 rings (SSSR count). The molecule has 0 aromatic heterocycles. The molecule has 1 aromatic rings.